The Kier molecular flexibility index (Phi) is 4.74. The summed E-state index contributed by atoms with van der Waals surface area (Å²) >= 11 is 0. The van der Waals surface area contributed by atoms with Crippen molar-refractivity contribution >= 4 is 10.1 Å². The van der Waals surface area contributed by atoms with Gasteiger partial charge in [0.05, 0.1) is 5.41 Å². The standard InChI is InChI=1S/C3H6O3S.H3N/c1-2-3-7(4,5)6;/h2-3H,1H3,(H,4,5,6);1H3. The highest BCUT2D eigenvalue weighted by Gasteiger charge is 1.90. The minimum atomic E-state index is -3.85. The lowest BCUT2D eigenvalue weighted by Crippen LogP contribution is -1.87. The van der Waals surface area contributed by atoms with Crippen molar-refractivity contribution in [2.75, 3.05) is 0 Å². The van der Waals surface area contributed by atoms with Gasteiger partial charge in [-0.05, 0) is 6.92 Å². The van der Waals surface area contributed by atoms with Crippen LogP contribution in [0.4, 0.5) is 0 Å². The van der Waals surface area contributed by atoms with Gasteiger partial charge < -0.3 is 6.15 Å². The van der Waals surface area contributed by atoms with E-state index in [1.54, 1.807) is 0 Å². The number of rotatable bonds is 1. The first-order valence-electron chi connectivity index (χ1n) is 1.66. The van der Waals surface area contributed by atoms with E-state index in [0.717, 1.165) is 0 Å². The Morgan fingerprint density at radius 2 is 1.88 bits per heavy atom. The Balaban J connectivity index is 0. The molecule has 0 radical (unpaired) electrons. The van der Waals surface area contributed by atoms with Gasteiger partial charge in [0.25, 0.3) is 10.1 Å². The smallest absolute Gasteiger partial charge is 0.287 e. The Hall–Kier alpha value is -0.390. The summed E-state index contributed by atoms with van der Waals surface area (Å²) in [4.78, 5) is 0. The topological polar surface area (TPSA) is 89.4 Å². The molecule has 0 heterocycles. The van der Waals surface area contributed by atoms with Crippen LogP contribution in [0.15, 0.2) is 11.5 Å². The van der Waals surface area contributed by atoms with Crippen LogP contribution in [0, 0.1) is 0 Å². The Bertz CT molecular complexity index is 157. The van der Waals surface area contributed by atoms with Gasteiger partial charge in [0.1, 0.15) is 0 Å². The molecule has 0 saturated carbocycles. The lowest BCUT2D eigenvalue weighted by molar-refractivity contribution is 0.494. The van der Waals surface area contributed by atoms with E-state index < -0.39 is 10.1 Å². The third-order valence-corrected chi connectivity index (χ3v) is 0.924. The van der Waals surface area contributed by atoms with Gasteiger partial charge in [-0.3, -0.25) is 4.55 Å². The van der Waals surface area contributed by atoms with E-state index >= 15 is 0 Å². The van der Waals surface area contributed by atoms with Gasteiger partial charge in [-0.25, -0.2) is 0 Å². The Labute approximate surface area is 48.5 Å². The maximum absolute atomic E-state index is 9.70. The van der Waals surface area contributed by atoms with Crippen molar-refractivity contribution in [1.29, 1.82) is 0 Å². The summed E-state index contributed by atoms with van der Waals surface area (Å²) in [5.41, 5.74) is 0. The van der Waals surface area contributed by atoms with Crippen LogP contribution in [0.5, 0.6) is 0 Å². The van der Waals surface area contributed by atoms with Gasteiger partial charge in [-0.2, -0.15) is 8.42 Å². The minimum Gasteiger partial charge on any atom is -0.344 e. The van der Waals surface area contributed by atoms with Crippen molar-refractivity contribution in [1.82, 2.24) is 6.15 Å². The molecule has 0 aromatic carbocycles. The SMILES string of the molecule is CC=CS(=O)(=O)O.N. The van der Waals surface area contributed by atoms with Crippen molar-refractivity contribution in [2.24, 2.45) is 0 Å². The van der Waals surface area contributed by atoms with Crippen molar-refractivity contribution in [3.8, 4) is 0 Å². The zero-order valence-corrected chi connectivity index (χ0v) is 5.35. The van der Waals surface area contributed by atoms with E-state index in [4.69, 9.17) is 4.55 Å². The van der Waals surface area contributed by atoms with E-state index in [0.29, 0.717) is 5.41 Å². The first-order valence-corrected chi connectivity index (χ1v) is 3.17. The molecule has 0 amide bonds. The molecule has 0 aliphatic carbocycles. The summed E-state index contributed by atoms with van der Waals surface area (Å²) in [6.07, 6.45) is 1.25. The fourth-order valence-electron chi connectivity index (χ4n) is 0.172. The molecule has 5 heteroatoms. The summed E-state index contributed by atoms with van der Waals surface area (Å²) in [5.74, 6) is 0. The molecule has 0 atom stereocenters. The second-order valence-corrected chi connectivity index (χ2v) is 2.29. The molecule has 0 spiro atoms. The third kappa shape index (κ3) is 9.15. The predicted molar refractivity (Wildman–Crippen MR) is 31.4 cm³/mol. The Morgan fingerprint density at radius 1 is 1.50 bits per heavy atom. The molecule has 0 aromatic rings. The van der Waals surface area contributed by atoms with Gasteiger partial charge in [-0.15, -0.1) is 0 Å². The number of hydrogen-bond donors (Lipinski definition) is 2. The molecule has 8 heavy (non-hydrogen) atoms. The van der Waals surface area contributed by atoms with Crippen molar-refractivity contribution in [2.45, 2.75) is 6.92 Å². The first kappa shape index (κ1) is 10.6. The molecule has 0 unspecified atom stereocenters. The summed E-state index contributed by atoms with van der Waals surface area (Å²) < 4.78 is 27.3. The van der Waals surface area contributed by atoms with Crippen LogP contribution in [0.3, 0.4) is 0 Å². The highest BCUT2D eigenvalue weighted by Crippen LogP contribution is 1.80. The first-order chi connectivity index (χ1) is 3.06. The van der Waals surface area contributed by atoms with Crippen molar-refractivity contribution in [3.63, 3.8) is 0 Å². The third-order valence-electron chi connectivity index (χ3n) is 0.308. The molecular weight excluding hydrogens is 130 g/mol. The van der Waals surface area contributed by atoms with Gasteiger partial charge in [0.15, 0.2) is 0 Å². The highest BCUT2D eigenvalue weighted by atomic mass is 32.2. The van der Waals surface area contributed by atoms with E-state index in [1.807, 2.05) is 0 Å². The van der Waals surface area contributed by atoms with Gasteiger partial charge in [0, 0.05) is 0 Å². The van der Waals surface area contributed by atoms with E-state index in [-0.39, 0.29) is 6.15 Å². The van der Waals surface area contributed by atoms with Crippen LogP contribution in [0.1, 0.15) is 6.92 Å². The van der Waals surface area contributed by atoms with Gasteiger partial charge in [-0.1, -0.05) is 6.08 Å². The molecule has 0 rings (SSSR count). The zero-order valence-electron chi connectivity index (χ0n) is 4.53. The maximum Gasteiger partial charge on any atom is 0.287 e. The van der Waals surface area contributed by atoms with Gasteiger partial charge in [0.2, 0.25) is 0 Å². The largest absolute Gasteiger partial charge is 0.344 e. The van der Waals surface area contributed by atoms with Crippen molar-refractivity contribution in [3.05, 3.63) is 11.5 Å². The predicted octanol–water partition coefficient (Wildman–Crippen LogP) is 0.570. The maximum atomic E-state index is 9.70. The normalized spacial score (nSPS) is 11.2. The average Bonchev–Trinajstić information content (AvgIpc) is 1.30. The van der Waals surface area contributed by atoms with Crippen LogP contribution in [0.25, 0.3) is 0 Å². The van der Waals surface area contributed by atoms with Crippen LogP contribution in [-0.4, -0.2) is 13.0 Å². The summed E-state index contributed by atoms with van der Waals surface area (Å²) in [6, 6.07) is 0. The van der Waals surface area contributed by atoms with Crippen molar-refractivity contribution < 1.29 is 13.0 Å². The molecule has 0 aliphatic rings. The molecule has 50 valence electrons. The molecule has 0 saturated heterocycles. The molecule has 0 fully saturated rings. The molecule has 4 N–H and O–H groups in total. The van der Waals surface area contributed by atoms with Crippen LogP contribution < -0.4 is 6.15 Å². The van der Waals surface area contributed by atoms with E-state index in [1.165, 1.54) is 13.0 Å². The lowest BCUT2D eigenvalue weighted by Gasteiger charge is -1.76. The zero-order chi connectivity index (χ0) is 5.91. The second kappa shape index (κ2) is 3.59. The summed E-state index contributed by atoms with van der Waals surface area (Å²) in [5, 5.41) is 0.715. The Morgan fingerprint density at radius 3 is 1.88 bits per heavy atom. The molecule has 0 aromatic heterocycles. The summed E-state index contributed by atoms with van der Waals surface area (Å²) in [6.45, 7) is 1.51. The molecule has 0 bridgehead atoms. The monoisotopic (exact) mass is 139 g/mol. The van der Waals surface area contributed by atoms with E-state index in [9.17, 15) is 8.42 Å². The second-order valence-electron chi connectivity index (χ2n) is 0.984. The fourth-order valence-corrected chi connectivity index (χ4v) is 0.516. The van der Waals surface area contributed by atoms with Crippen LogP contribution in [-0.2, 0) is 10.1 Å². The lowest BCUT2D eigenvalue weighted by atomic mass is 10.8. The van der Waals surface area contributed by atoms with Gasteiger partial charge >= 0.3 is 0 Å². The average molecular weight is 139 g/mol. The van der Waals surface area contributed by atoms with Crippen LogP contribution >= 0.6 is 0 Å². The van der Waals surface area contributed by atoms with E-state index in [2.05, 4.69) is 0 Å². The molecular formula is C3H9NO3S. The summed E-state index contributed by atoms with van der Waals surface area (Å²) in [7, 11) is -3.85. The number of allylic oxidation sites excluding steroid dienone is 1. The number of hydrogen-bond acceptors (Lipinski definition) is 3. The van der Waals surface area contributed by atoms with Crippen LogP contribution in [0.2, 0.25) is 0 Å². The fraction of sp³-hybridized carbons (Fsp3) is 0.333. The quantitative estimate of drug-likeness (QED) is 0.519. The molecule has 0 aliphatic heterocycles. The minimum absolute atomic E-state index is 0. The molecule has 4 nitrogen and oxygen atoms in total. The highest BCUT2D eigenvalue weighted by molar-refractivity contribution is 7.88.